The predicted molar refractivity (Wildman–Crippen MR) is 64.2 cm³/mol. The third kappa shape index (κ3) is 1.84. The van der Waals surface area contributed by atoms with Crippen LogP contribution in [0.15, 0.2) is 18.3 Å². The molecule has 0 aliphatic heterocycles. The van der Waals surface area contributed by atoms with Gasteiger partial charge in [-0.25, -0.2) is 9.50 Å². The number of hydrogen-bond acceptors (Lipinski definition) is 3. The molecule has 0 atom stereocenters. The fourth-order valence-corrected chi connectivity index (χ4v) is 2.47. The summed E-state index contributed by atoms with van der Waals surface area (Å²) in [7, 11) is 0. The molecule has 0 N–H and O–H groups in total. The molecule has 17 heavy (non-hydrogen) atoms. The van der Waals surface area contributed by atoms with E-state index in [2.05, 4.69) is 10.1 Å². The molecule has 0 spiro atoms. The first-order valence-corrected chi connectivity index (χ1v) is 6.11. The van der Waals surface area contributed by atoms with Gasteiger partial charge >= 0.3 is 0 Å². The number of nitrogens with zero attached hydrogens (tertiary/aromatic N) is 3. The van der Waals surface area contributed by atoms with Gasteiger partial charge in [0.15, 0.2) is 17.3 Å². The van der Waals surface area contributed by atoms with Crippen molar-refractivity contribution in [3.63, 3.8) is 0 Å². The van der Waals surface area contributed by atoms with Crippen molar-refractivity contribution in [1.82, 2.24) is 14.6 Å². The van der Waals surface area contributed by atoms with Gasteiger partial charge in [0.05, 0.1) is 0 Å². The van der Waals surface area contributed by atoms with Crippen LogP contribution in [0, 0.1) is 0 Å². The van der Waals surface area contributed by atoms with E-state index in [0.717, 1.165) is 11.5 Å². The van der Waals surface area contributed by atoms with E-state index in [9.17, 15) is 4.79 Å². The fourth-order valence-electron chi connectivity index (χ4n) is 2.47. The lowest BCUT2D eigenvalue weighted by molar-refractivity contribution is 0.101. The molecule has 2 aromatic heterocycles. The first-order chi connectivity index (χ1) is 8.24. The average molecular weight is 229 g/mol. The number of pyridine rings is 1. The van der Waals surface area contributed by atoms with Crippen LogP contribution in [0.1, 0.15) is 54.7 Å². The molecule has 4 nitrogen and oxygen atoms in total. The number of aromatic nitrogens is 3. The molecule has 4 heteroatoms. The van der Waals surface area contributed by atoms with Crippen molar-refractivity contribution in [3.05, 3.63) is 29.7 Å². The fraction of sp³-hybridized carbons (Fsp3) is 0.462. The second-order valence-electron chi connectivity index (χ2n) is 4.73. The summed E-state index contributed by atoms with van der Waals surface area (Å²) in [4.78, 5) is 15.8. The molecule has 1 saturated carbocycles. The summed E-state index contributed by atoms with van der Waals surface area (Å²) in [6, 6.07) is 3.67. The van der Waals surface area contributed by atoms with E-state index in [4.69, 9.17) is 0 Å². The molecule has 0 amide bonds. The minimum Gasteiger partial charge on any atom is -0.294 e. The highest BCUT2D eigenvalue weighted by atomic mass is 16.1. The third-order valence-corrected chi connectivity index (χ3v) is 3.47. The Morgan fingerprint density at radius 2 is 2.12 bits per heavy atom. The zero-order valence-corrected chi connectivity index (χ0v) is 9.89. The molecule has 2 heterocycles. The maximum Gasteiger partial charge on any atom is 0.161 e. The molecule has 1 fully saturated rings. The molecule has 88 valence electrons. The lowest BCUT2D eigenvalue weighted by atomic mass is 10.1. The van der Waals surface area contributed by atoms with Crippen LogP contribution >= 0.6 is 0 Å². The smallest absolute Gasteiger partial charge is 0.161 e. The summed E-state index contributed by atoms with van der Waals surface area (Å²) < 4.78 is 1.73. The number of Topliss-reactive ketones (excluding diaryl/α,β-unsaturated/α-hetero) is 1. The van der Waals surface area contributed by atoms with Crippen LogP contribution in [0.3, 0.4) is 0 Å². The van der Waals surface area contributed by atoms with Gasteiger partial charge in [-0.2, -0.15) is 5.10 Å². The Hall–Kier alpha value is -1.71. The number of carbonyl (C=O) groups is 1. The van der Waals surface area contributed by atoms with E-state index >= 15 is 0 Å². The van der Waals surface area contributed by atoms with E-state index in [1.807, 2.05) is 12.1 Å². The van der Waals surface area contributed by atoms with E-state index in [-0.39, 0.29) is 5.78 Å². The van der Waals surface area contributed by atoms with E-state index < -0.39 is 0 Å². The van der Waals surface area contributed by atoms with Gasteiger partial charge in [0.2, 0.25) is 0 Å². The number of rotatable bonds is 2. The number of carbonyl (C=O) groups excluding carboxylic acids is 1. The molecular weight excluding hydrogens is 214 g/mol. The van der Waals surface area contributed by atoms with Crippen LogP contribution in [-0.4, -0.2) is 20.4 Å². The second kappa shape index (κ2) is 3.95. The molecule has 3 rings (SSSR count). The molecule has 1 aliphatic carbocycles. The SMILES string of the molecule is CC(=O)c1ccc2nc(C3CCCC3)nn2c1. The van der Waals surface area contributed by atoms with Crippen molar-refractivity contribution in [3.8, 4) is 0 Å². The maximum atomic E-state index is 11.3. The van der Waals surface area contributed by atoms with Crippen molar-refractivity contribution in [1.29, 1.82) is 0 Å². The van der Waals surface area contributed by atoms with Crippen molar-refractivity contribution >= 4 is 11.4 Å². The van der Waals surface area contributed by atoms with Crippen LogP contribution in [0.5, 0.6) is 0 Å². The van der Waals surface area contributed by atoms with E-state index in [0.29, 0.717) is 11.5 Å². The van der Waals surface area contributed by atoms with Gasteiger partial charge < -0.3 is 0 Å². The Labute approximate surface area is 99.7 Å². The number of ketones is 1. The van der Waals surface area contributed by atoms with E-state index in [1.165, 1.54) is 25.7 Å². The first kappa shape index (κ1) is 10.4. The molecule has 0 bridgehead atoms. The van der Waals surface area contributed by atoms with Gasteiger partial charge in [-0.05, 0) is 31.9 Å². The molecule has 0 radical (unpaired) electrons. The highest BCUT2D eigenvalue weighted by Crippen LogP contribution is 2.32. The van der Waals surface area contributed by atoms with Gasteiger partial charge in [-0.15, -0.1) is 0 Å². The molecule has 0 saturated heterocycles. The quantitative estimate of drug-likeness (QED) is 0.743. The van der Waals surface area contributed by atoms with Gasteiger partial charge in [0.1, 0.15) is 0 Å². The second-order valence-corrected chi connectivity index (χ2v) is 4.73. The molecule has 2 aromatic rings. The van der Waals surface area contributed by atoms with Crippen LogP contribution in [-0.2, 0) is 0 Å². The van der Waals surface area contributed by atoms with Gasteiger partial charge in [0, 0.05) is 17.7 Å². The minimum atomic E-state index is 0.0600. The van der Waals surface area contributed by atoms with Crippen LogP contribution in [0.2, 0.25) is 0 Å². The number of fused-ring (bicyclic) bond motifs is 1. The Balaban J connectivity index is 2.03. The summed E-state index contributed by atoms with van der Waals surface area (Å²) in [5.41, 5.74) is 1.51. The lowest BCUT2D eigenvalue weighted by Gasteiger charge is -2.00. The average Bonchev–Trinajstić information content (AvgIpc) is 2.96. The highest BCUT2D eigenvalue weighted by Gasteiger charge is 2.21. The number of hydrogen-bond donors (Lipinski definition) is 0. The summed E-state index contributed by atoms with van der Waals surface area (Å²) in [5, 5.41) is 4.49. The van der Waals surface area contributed by atoms with Gasteiger partial charge in [0.25, 0.3) is 0 Å². The largest absolute Gasteiger partial charge is 0.294 e. The normalized spacial score (nSPS) is 16.8. The Bertz CT molecular complexity index is 567. The third-order valence-electron chi connectivity index (χ3n) is 3.47. The summed E-state index contributed by atoms with van der Waals surface area (Å²) in [6.07, 6.45) is 6.70. The van der Waals surface area contributed by atoms with Crippen molar-refractivity contribution in [2.24, 2.45) is 0 Å². The minimum absolute atomic E-state index is 0.0600. The Kier molecular flexibility index (Phi) is 2.42. The standard InChI is InChI=1S/C13H15N3O/c1-9(17)11-6-7-12-14-13(15-16(12)8-11)10-4-2-3-5-10/h6-8,10H,2-5H2,1H3. The maximum absolute atomic E-state index is 11.3. The summed E-state index contributed by atoms with van der Waals surface area (Å²) in [5.74, 6) is 1.50. The van der Waals surface area contributed by atoms with Crippen LogP contribution in [0.25, 0.3) is 5.65 Å². The van der Waals surface area contributed by atoms with E-state index in [1.54, 1.807) is 17.6 Å². The first-order valence-electron chi connectivity index (χ1n) is 6.11. The van der Waals surface area contributed by atoms with Crippen molar-refractivity contribution in [2.45, 2.75) is 38.5 Å². The predicted octanol–water partition coefficient (Wildman–Crippen LogP) is 2.59. The molecule has 0 unspecified atom stereocenters. The summed E-state index contributed by atoms with van der Waals surface area (Å²) in [6.45, 7) is 1.57. The zero-order valence-electron chi connectivity index (χ0n) is 9.89. The van der Waals surface area contributed by atoms with Gasteiger partial charge in [-0.3, -0.25) is 4.79 Å². The lowest BCUT2D eigenvalue weighted by Crippen LogP contribution is -1.98. The monoisotopic (exact) mass is 229 g/mol. The van der Waals surface area contributed by atoms with Crippen LogP contribution in [0.4, 0.5) is 0 Å². The Morgan fingerprint density at radius 3 is 2.82 bits per heavy atom. The highest BCUT2D eigenvalue weighted by molar-refractivity contribution is 5.93. The van der Waals surface area contributed by atoms with Crippen molar-refractivity contribution < 1.29 is 4.79 Å². The van der Waals surface area contributed by atoms with Gasteiger partial charge in [-0.1, -0.05) is 12.8 Å². The van der Waals surface area contributed by atoms with Crippen molar-refractivity contribution in [2.75, 3.05) is 0 Å². The molecular formula is C13H15N3O. The zero-order chi connectivity index (χ0) is 11.8. The topological polar surface area (TPSA) is 47.3 Å². The Morgan fingerprint density at radius 1 is 1.35 bits per heavy atom. The van der Waals surface area contributed by atoms with Crippen LogP contribution < -0.4 is 0 Å². The molecule has 1 aliphatic rings. The summed E-state index contributed by atoms with van der Waals surface area (Å²) >= 11 is 0. The molecule has 0 aromatic carbocycles.